The summed E-state index contributed by atoms with van der Waals surface area (Å²) in [6.45, 7) is 0. The molecule has 8 nitrogen and oxygen atoms in total. The van der Waals surface area contributed by atoms with Crippen molar-refractivity contribution in [3.8, 4) is 11.5 Å². The Labute approximate surface area is 157 Å². The number of benzene rings is 2. The van der Waals surface area contributed by atoms with Crippen molar-refractivity contribution >= 4 is 29.4 Å². The molecule has 0 saturated heterocycles. The number of rotatable bonds is 6. The van der Waals surface area contributed by atoms with E-state index in [2.05, 4.69) is 15.8 Å². The van der Waals surface area contributed by atoms with Crippen LogP contribution in [0, 0.1) is 0 Å². The SMILES string of the molecule is COc1ccc(OC)c(NC(=O)C(=O)NN=Cc2ccc(N(C)C)cc2)c1. The second kappa shape index (κ2) is 9.23. The molecule has 0 atom stereocenters. The Bertz CT molecular complexity index is 832. The summed E-state index contributed by atoms with van der Waals surface area (Å²) in [5, 5.41) is 6.27. The molecule has 2 amide bonds. The molecule has 2 aromatic rings. The number of methoxy groups -OCH3 is 2. The average molecular weight is 370 g/mol. The zero-order valence-corrected chi connectivity index (χ0v) is 15.6. The summed E-state index contributed by atoms with van der Waals surface area (Å²) in [5.74, 6) is -0.852. The molecule has 0 aliphatic rings. The minimum atomic E-state index is -0.902. The Morgan fingerprint density at radius 1 is 1.00 bits per heavy atom. The minimum absolute atomic E-state index is 0.320. The van der Waals surface area contributed by atoms with Crippen LogP contribution < -0.4 is 25.1 Å². The van der Waals surface area contributed by atoms with Crippen molar-refractivity contribution in [1.29, 1.82) is 0 Å². The highest BCUT2D eigenvalue weighted by Crippen LogP contribution is 2.28. The lowest BCUT2D eigenvalue weighted by molar-refractivity contribution is -0.136. The fraction of sp³-hybridized carbons (Fsp3) is 0.211. The Balaban J connectivity index is 1.96. The van der Waals surface area contributed by atoms with Gasteiger partial charge in [0.1, 0.15) is 11.5 Å². The summed E-state index contributed by atoms with van der Waals surface area (Å²) < 4.78 is 10.3. The third kappa shape index (κ3) is 5.46. The molecule has 0 heterocycles. The van der Waals surface area contributed by atoms with E-state index in [1.54, 1.807) is 18.2 Å². The molecule has 0 bridgehead atoms. The van der Waals surface area contributed by atoms with Gasteiger partial charge in [-0.2, -0.15) is 5.10 Å². The third-order valence-electron chi connectivity index (χ3n) is 3.65. The highest BCUT2D eigenvalue weighted by molar-refractivity contribution is 6.39. The van der Waals surface area contributed by atoms with Gasteiger partial charge < -0.3 is 19.7 Å². The number of amides is 2. The highest BCUT2D eigenvalue weighted by Gasteiger charge is 2.16. The molecule has 27 heavy (non-hydrogen) atoms. The molecule has 2 N–H and O–H groups in total. The van der Waals surface area contributed by atoms with Crippen LogP contribution in [0.5, 0.6) is 11.5 Å². The number of nitrogens with one attached hydrogen (secondary N) is 2. The van der Waals surface area contributed by atoms with Gasteiger partial charge in [-0.1, -0.05) is 12.1 Å². The number of hydrogen-bond acceptors (Lipinski definition) is 6. The lowest BCUT2D eigenvalue weighted by Crippen LogP contribution is -2.32. The normalized spacial score (nSPS) is 10.4. The number of anilines is 2. The Hall–Kier alpha value is -3.55. The largest absolute Gasteiger partial charge is 0.497 e. The van der Waals surface area contributed by atoms with Crippen LogP contribution in [0.25, 0.3) is 0 Å². The van der Waals surface area contributed by atoms with Gasteiger partial charge in [-0.05, 0) is 29.8 Å². The van der Waals surface area contributed by atoms with Crippen molar-refractivity contribution in [3.63, 3.8) is 0 Å². The Morgan fingerprint density at radius 3 is 2.30 bits per heavy atom. The highest BCUT2D eigenvalue weighted by atomic mass is 16.5. The van der Waals surface area contributed by atoms with Crippen LogP contribution in [0.15, 0.2) is 47.6 Å². The van der Waals surface area contributed by atoms with Crippen LogP contribution in [0.1, 0.15) is 5.56 Å². The van der Waals surface area contributed by atoms with E-state index in [0.29, 0.717) is 17.2 Å². The quantitative estimate of drug-likeness (QED) is 0.460. The third-order valence-corrected chi connectivity index (χ3v) is 3.65. The second-order valence-electron chi connectivity index (χ2n) is 5.71. The number of nitrogens with zero attached hydrogens (tertiary/aromatic N) is 2. The van der Waals surface area contributed by atoms with Crippen LogP contribution >= 0.6 is 0 Å². The molecule has 0 radical (unpaired) electrons. The van der Waals surface area contributed by atoms with E-state index >= 15 is 0 Å². The van der Waals surface area contributed by atoms with E-state index < -0.39 is 11.8 Å². The number of carbonyl (C=O) groups is 2. The Kier molecular flexibility index (Phi) is 6.76. The molecular formula is C19H22N4O4. The first-order valence-electron chi connectivity index (χ1n) is 8.08. The number of hydrogen-bond donors (Lipinski definition) is 2. The van der Waals surface area contributed by atoms with Gasteiger partial charge in [0.25, 0.3) is 0 Å². The molecule has 0 fully saturated rings. The van der Waals surface area contributed by atoms with Crippen LogP contribution in [0.4, 0.5) is 11.4 Å². The number of hydrazone groups is 1. The number of ether oxygens (including phenoxy) is 2. The lowest BCUT2D eigenvalue weighted by Gasteiger charge is -2.11. The van der Waals surface area contributed by atoms with Gasteiger partial charge in [0, 0.05) is 25.8 Å². The summed E-state index contributed by atoms with van der Waals surface area (Å²) in [5.41, 5.74) is 4.34. The predicted octanol–water partition coefficient (Wildman–Crippen LogP) is 1.86. The van der Waals surface area contributed by atoms with E-state index in [9.17, 15) is 9.59 Å². The van der Waals surface area contributed by atoms with Crippen LogP contribution in [0.2, 0.25) is 0 Å². The smallest absolute Gasteiger partial charge is 0.329 e. The van der Waals surface area contributed by atoms with Gasteiger partial charge in [0.2, 0.25) is 0 Å². The van der Waals surface area contributed by atoms with Crippen LogP contribution in [-0.2, 0) is 9.59 Å². The summed E-state index contributed by atoms with van der Waals surface area (Å²) >= 11 is 0. The van der Waals surface area contributed by atoms with Crippen molar-refractivity contribution in [2.45, 2.75) is 0 Å². The fourth-order valence-electron chi connectivity index (χ4n) is 2.17. The maximum absolute atomic E-state index is 12.0. The zero-order valence-electron chi connectivity index (χ0n) is 15.6. The van der Waals surface area contributed by atoms with E-state index in [4.69, 9.17) is 9.47 Å². The number of carbonyl (C=O) groups excluding carboxylic acids is 2. The maximum atomic E-state index is 12.0. The van der Waals surface area contributed by atoms with Crippen molar-refractivity contribution in [1.82, 2.24) is 5.43 Å². The second-order valence-corrected chi connectivity index (χ2v) is 5.71. The van der Waals surface area contributed by atoms with E-state index in [0.717, 1.165) is 11.3 Å². The molecular weight excluding hydrogens is 348 g/mol. The fourth-order valence-corrected chi connectivity index (χ4v) is 2.17. The van der Waals surface area contributed by atoms with E-state index in [1.807, 2.05) is 43.3 Å². The van der Waals surface area contributed by atoms with Gasteiger partial charge in [0.15, 0.2) is 0 Å². The molecule has 0 unspecified atom stereocenters. The first-order valence-corrected chi connectivity index (χ1v) is 8.08. The lowest BCUT2D eigenvalue weighted by atomic mass is 10.2. The first-order chi connectivity index (χ1) is 12.9. The van der Waals surface area contributed by atoms with Crippen molar-refractivity contribution in [3.05, 3.63) is 48.0 Å². The summed E-state index contributed by atoms with van der Waals surface area (Å²) in [6.07, 6.45) is 1.46. The molecule has 142 valence electrons. The molecule has 2 aromatic carbocycles. The minimum Gasteiger partial charge on any atom is -0.497 e. The summed E-state index contributed by atoms with van der Waals surface area (Å²) in [6, 6.07) is 12.4. The standard InChI is InChI=1S/C19H22N4O4/c1-23(2)14-7-5-13(6-8-14)12-20-22-19(25)18(24)21-16-11-15(26-3)9-10-17(16)27-4/h5-12H,1-4H3,(H,21,24)(H,22,25). The van der Waals surface area contributed by atoms with Crippen molar-refractivity contribution in [2.75, 3.05) is 38.5 Å². The van der Waals surface area contributed by atoms with Gasteiger partial charge in [-0.15, -0.1) is 0 Å². The molecule has 0 saturated carbocycles. The molecule has 0 aliphatic carbocycles. The van der Waals surface area contributed by atoms with Gasteiger partial charge in [0.05, 0.1) is 26.1 Å². The van der Waals surface area contributed by atoms with Crippen molar-refractivity contribution < 1.29 is 19.1 Å². The van der Waals surface area contributed by atoms with Gasteiger partial charge >= 0.3 is 11.8 Å². The topological polar surface area (TPSA) is 92.3 Å². The summed E-state index contributed by atoms with van der Waals surface area (Å²) in [4.78, 5) is 25.9. The van der Waals surface area contributed by atoms with Crippen molar-refractivity contribution in [2.24, 2.45) is 5.10 Å². The molecule has 2 rings (SSSR count). The summed E-state index contributed by atoms with van der Waals surface area (Å²) in [7, 11) is 6.85. The maximum Gasteiger partial charge on any atom is 0.329 e. The molecule has 0 aliphatic heterocycles. The monoisotopic (exact) mass is 370 g/mol. The molecule has 0 spiro atoms. The zero-order chi connectivity index (χ0) is 19.8. The predicted molar refractivity (Wildman–Crippen MR) is 105 cm³/mol. The van der Waals surface area contributed by atoms with Crippen LogP contribution in [0.3, 0.4) is 0 Å². The van der Waals surface area contributed by atoms with Gasteiger partial charge in [-0.3, -0.25) is 9.59 Å². The molecule has 8 heteroatoms. The van der Waals surface area contributed by atoms with Gasteiger partial charge in [-0.25, -0.2) is 5.43 Å². The van der Waals surface area contributed by atoms with Crippen LogP contribution in [-0.4, -0.2) is 46.3 Å². The average Bonchev–Trinajstić information content (AvgIpc) is 2.68. The molecule has 0 aromatic heterocycles. The van der Waals surface area contributed by atoms with E-state index in [-0.39, 0.29) is 0 Å². The first kappa shape index (κ1) is 19.8. The van der Waals surface area contributed by atoms with E-state index in [1.165, 1.54) is 20.4 Å². The Morgan fingerprint density at radius 2 is 1.70 bits per heavy atom.